The number of carboxylic acid groups (broad SMARTS) is 1. The number of rotatable bonds is 9. The van der Waals surface area contributed by atoms with Crippen molar-refractivity contribution < 1.29 is 14.7 Å². The van der Waals surface area contributed by atoms with Crippen molar-refractivity contribution in [1.29, 1.82) is 0 Å². The largest absolute Gasteiger partial charge is 0.478 e. The molecule has 1 atom stereocenters. The topological polar surface area (TPSA) is 69.6 Å². The molecule has 5 nitrogen and oxygen atoms in total. The molecule has 104 valence electrons. The summed E-state index contributed by atoms with van der Waals surface area (Å²) < 4.78 is 0. The lowest BCUT2D eigenvalue weighted by atomic mass is 10.1. The number of hydrogen-bond acceptors (Lipinski definition) is 3. The first-order valence-electron chi connectivity index (χ1n) is 6.43. The monoisotopic (exact) mass is 256 g/mol. The minimum atomic E-state index is -1.11. The van der Waals surface area contributed by atoms with Gasteiger partial charge in [0.25, 0.3) is 0 Å². The number of carbonyl (C=O) groups is 2. The molecule has 1 unspecified atom stereocenters. The Hall–Kier alpha value is -1.36. The summed E-state index contributed by atoms with van der Waals surface area (Å²) in [6.45, 7) is 9.29. The first-order valence-corrected chi connectivity index (χ1v) is 6.43. The van der Waals surface area contributed by atoms with E-state index in [0.29, 0.717) is 0 Å². The molecular formula is C13H24N2O3. The quantitative estimate of drug-likeness (QED) is 0.609. The van der Waals surface area contributed by atoms with Gasteiger partial charge in [-0.05, 0) is 39.4 Å². The third-order valence-corrected chi connectivity index (χ3v) is 2.77. The molecule has 0 aromatic rings. The van der Waals surface area contributed by atoms with E-state index >= 15 is 0 Å². The molecule has 0 fully saturated rings. The van der Waals surface area contributed by atoms with Gasteiger partial charge in [-0.25, -0.2) is 4.79 Å². The fraction of sp³-hybridized carbons (Fsp3) is 0.692. The van der Waals surface area contributed by atoms with Gasteiger partial charge in [-0.2, -0.15) is 0 Å². The summed E-state index contributed by atoms with van der Waals surface area (Å²) in [5.41, 5.74) is 0. The van der Waals surface area contributed by atoms with Crippen molar-refractivity contribution >= 4 is 11.9 Å². The van der Waals surface area contributed by atoms with Gasteiger partial charge in [0.05, 0.1) is 0 Å². The fourth-order valence-corrected chi connectivity index (χ4v) is 1.67. The highest BCUT2D eigenvalue weighted by molar-refractivity contribution is 5.93. The summed E-state index contributed by atoms with van der Waals surface area (Å²) >= 11 is 0. The molecule has 18 heavy (non-hydrogen) atoms. The molecule has 0 aromatic carbocycles. The van der Waals surface area contributed by atoms with Crippen LogP contribution in [0.25, 0.3) is 0 Å². The van der Waals surface area contributed by atoms with Crippen LogP contribution < -0.4 is 5.32 Å². The van der Waals surface area contributed by atoms with E-state index in [9.17, 15) is 9.59 Å². The normalized spacial score (nSPS) is 12.9. The Morgan fingerprint density at radius 3 is 2.39 bits per heavy atom. The predicted molar refractivity (Wildman–Crippen MR) is 71.4 cm³/mol. The molecule has 0 aliphatic carbocycles. The highest BCUT2D eigenvalue weighted by atomic mass is 16.4. The van der Waals surface area contributed by atoms with E-state index in [1.54, 1.807) is 0 Å². The number of hydrogen-bond donors (Lipinski definition) is 2. The number of amides is 1. The maximum Gasteiger partial charge on any atom is 0.328 e. The number of aliphatic carboxylic acids is 1. The molecule has 0 heterocycles. The molecular weight excluding hydrogens is 232 g/mol. The van der Waals surface area contributed by atoms with E-state index < -0.39 is 5.97 Å². The van der Waals surface area contributed by atoms with E-state index in [4.69, 9.17) is 5.11 Å². The summed E-state index contributed by atoms with van der Waals surface area (Å²) in [5, 5.41) is 11.1. The van der Waals surface area contributed by atoms with Crippen molar-refractivity contribution in [3.8, 4) is 0 Å². The van der Waals surface area contributed by atoms with Crippen molar-refractivity contribution in [3.63, 3.8) is 0 Å². The zero-order valence-corrected chi connectivity index (χ0v) is 11.5. The lowest BCUT2D eigenvalue weighted by Gasteiger charge is -2.19. The van der Waals surface area contributed by atoms with Crippen LogP contribution in [0.2, 0.25) is 0 Å². The molecule has 0 rings (SSSR count). The molecule has 0 aliphatic heterocycles. The Bertz CT molecular complexity index is 286. The lowest BCUT2D eigenvalue weighted by Crippen LogP contribution is -2.32. The van der Waals surface area contributed by atoms with E-state index in [-0.39, 0.29) is 11.9 Å². The minimum Gasteiger partial charge on any atom is -0.478 e. The van der Waals surface area contributed by atoms with Crippen molar-refractivity contribution in [2.75, 3.05) is 19.6 Å². The maximum absolute atomic E-state index is 11.3. The average molecular weight is 256 g/mol. The third-order valence-electron chi connectivity index (χ3n) is 2.77. The van der Waals surface area contributed by atoms with Crippen molar-refractivity contribution in [3.05, 3.63) is 12.2 Å². The van der Waals surface area contributed by atoms with Crippen LogP contribution in [0.5, 0.6) is 0 Å². The fourth-order valence-electron chi connectivity index (χ4n) is 1.67. The summed E-state index contributed by atoms with van der Waals surface area (Å²) in [6.07, 6.45) is 3.80. The van der Waals surface area contributed by atoms with Crippen molar-refractivity contribution in [2.45, 2.75) is 39.7 Å². The van der Waals surface area contributed by atoms with Gasteiger partial charge in [-0.1, -0.05) is 13.8 Å². The molecule has 0 saturated carbocycles. The molecule has 0 bridgehead atoms. The van der Waals surface area contributed by atoms with Crippen LogP contribution in [0.4, 0.5) is 0 Å². The predicted octanol–water partition coefficient (Wildman–Crippen LogP) is 1.25. The standard InChI is InChI=1S/C13H24N2O3/c1-4-15(5-2)10-6-7-11(3)14-12(16)8-9-13(17)18/h8-9,11H,4-7,10H2,1-3H3,(H,14,16)(H,17,18)/b9-8+. The van der Waals surface area contributed by atoms with Crippen LogP contribution in [-0.2, 0) is 9.59 Å². The Morgan fingerprint density at radius 1 is 1.28 bits per heavy atom. The minimum absolute atomic E-state index is 0.0616. The number of carboxylic acids is 1. The van der Waals surface area contributed by atoms with E-state index in [1.165, 1.54) is 0 Å². The zero-order valence-electron chi connectivity index (χ0n) is 11.5. The van der Waals surface area contributed by atoms with Gasteiger partial charge in [0, 0.05) is 18.2 Å². The molecule has 0 radical (unpaired) electrons. The second-order valence-corrected chi connectivity index (χ2v) is 4.25. The summed E-state index contributed by atoms with van der Waals surface area (Å²) in [7, 11) is 0. The van der Waals surface area contributed by atoms with Crippen LogP contribution in [0.1, 0.15) is 33.6 Å². The summed E-state index contributed by atoms with van der Waals surface area (Å²) in [6, 6.07) is 0.0616. The molecule has 0 aliphatic rings. The first kappa shape index (κ1) is 16.6. The van der Waals surface area contributed by atoms with Crippen molar-refractivity contribution in [2.24, 2.45) is 0 Å². The average Bonchev–Trinajstić information content (AvgIpc) is 2.32. The number of carbonyl (C=O) groups excluding carboxylic acids is 1. The van der Waals surface area contributed by atoms with Crippen molar-refractivity contribution in [1.82, 2.24) is 10.2 Å². The highest BCUT2D eigenvalue weighted by Gasteiger charge is 2.06. The SMILES string of the molecule is CCN(CC)CCCC(C)NC(=O)/C=C/C(=O)O. The Morgan fingerprint density at radius 2 is 1.89 bits per heavy atom. The second-order valence-electron chi connectivity index (χ2n) is 4.25. The van der Waals surface area contributed by atoms with E-state index in [2.05, 4.69) is 24.1 Å². The maximum atomic E-state index is 11.3. The van der Waals surface area contributed by atoms with E-state index in [0.717, 1.165) is 44.6 Å². The molecule has 1 amide bonds. The van der Waals surface area contributed by atoms with Gasteiger partial charge in [0.1, 0.15) is 0 Å². The summed E-state index contributed by atoms with van der Waals surface area (Å²) in [4.78, 5) is 23.9. The summed E-state index contributed by atoms with van der Waals surface area (Å²) in [5.74, 6) is -1.47. The van der Waals surface area contributed by atoms with Crippen LogP contribution >= 0.6 is 0 Å². The lowest BCUT2D eigenvalue weighted by molar-refractivity contribution is -0.131. The molecule has 2 N–H and O–H groups in total. The Balaban J connectivity index is 3.80. The first-order chi connectivity index (χ1) is 8.49. The van der Waals surface area contributed by atoms with Gasteiger partial charge in [-0.15, -0.1) is 0 Å². The highest BCUT2D eigenvalue weighted by Crippen LogP contribution is 1.99. The Labute approximate surface area is 109 Å². The third kappa shape index (κ3) is 8.75. The smallest absolute Gasteiger partial charge is 0.328 e. The Kier molecular flexibility index (Phi) is 8.92. The van der Waals surface area contributed by atoms with Gasteiger partial charge in [-0.3, -0.25) is 4.79 Å². The van der Waals surface area contributed by atoms with Crippen LogP contribution in [0, 0.1) is 0 Å². The van der Waals surface area contributed by atoms with Crippen LogP contribution in [-0.4, -0.2) is 47.6 Å². The van der Waals surface area contributed by atoms with Gasteiger partial charge in [0.2, 0.25) is 5.91 Å². The zero-order chi connectivity index (χ0) is 14.0. The number of nitrogens with zero attached hydrogens (tertiary/aromatic N) is 1. The van der Waals surface area contributed by atoms with E-state index in [1.807, 2.05) is 6.92 Å². The van der Waals surface area contributed by atoms with Crippen LogP contribution in [0.15, 0.2) is 12.2 Å². The second kappa shape index (κ2) is 9.65. The number of nitrogens with one attached hydrogen (secondary N) is 1. The molecule has 5 heteroatoms. The van der Waals surface area contributed by atoms with Gasteiger partial charge in [0.15, 0.2) is 0 Å². The molecule has 0 saturated heterocycles. The molecule has 0 spiro atoms. The van der Waals surface area contributed by atoms with Gasteiger partial charge >= 0.3 is 5.97 Å². The van der Waals surface area contributed by atoms with Crippen LogP contribution in [0.3, 0.4) is 0 Å². The van der Waals surface area contributed by atoms with Gasteiger partial charge < -0.3 is 15.3 Å². The molecule has 0 aromatic heterocycles.